The molecule has 2 rings (SSSR count). The zero-order valence-corrected chi connectivity index (χ0v) is 11.4. The molecule has 0 bridgehead atoms. The predicted molar refractivity (Wildman–Crippen MR) is 73.2 cm³/mol. The Morgan fingerprint density at radius 3 is 2.53 bits per heavy atom. The molecule has 0 aromatic heterocycles. The summed E-state index contributed by atoms with van der Waals surface area (Å²) in [5.41, 5.74) is 2.70. The van der Waals surface area contributed by atoms with Gasteiger partial charge < -0.3 is 9.47 Å². The lowest BCUT2D eigenvalue weighted by Crippen LogP contribution is -1.99. The maximum atomic E-state index is 13.2. The minimum atomic E-state index is -0.222. The van der Waals surface area contributed by atoms with Crippen molar-refractivity contribution in [3.8, 4) is 11.5 Å². The van der Waals surface area contributed by atoms with E-state index in [0.717, 1.165) is 16.9 Å². The van der Waals surface area contributed by atoms with Crippen LogP contribution < -0.4 is 9.47 Å². The fraction of sp³-hybridized carbons (Fsp3) is 0.250. The van der Waals surface area contributed by atoms with Crippen molar-refractivity contribution in [3.05, 3.63) is 58.9 Å². The molecule has 0 amide bonds. The molecular formula is C16H17FO2. The summed E-state index contributed by atoms with van der Waals surface area (Å²) in [4.78, 5) is 0. The van der Waals surface area contributed by atoms with Crippen LogP contribution in [0.2, 0.25) is 0 Å². The van der Waals surface area contributed by atoms with Crippen molar-refractivity contribution in [3.63, 3.8) is 0 Å². The maximum Gasteiger partial charge on any atom is 0.126 e. The summed E-state index contributed by atoms with van der Waals surface area (Å²) < 4.78 is 24.1. The second kappa shape index (κ2) is 5.74. The topological polar surface area (TPSA) is 18.5 Å². The number of methoxy groups -OCH3 is 1. The van der Waals surface area contributed by atoms with Gasteiger partial charge in [-0.05, 0) is 49.7 Å². The second-order valence-corrected chi connectivity index (χ2v) is 4.51. The highest BCUT2D eigenvalue weighted by molar-refractivity contribution is 5.37. The van der Waals surface area contributed by atoms with E-state index in [0.29, 0.717) is 17.9 Å². The minimum absolute atomic E-state index is 0.222. The largest absolute Gasteiger partial charge is 0.496 e. The fourth-order valence-electron chi connectivity index (χ4n) is 1.89. The van der Waals surface area contributed by atoms with E-state index >= 15 is 0 Å². The van der Waals surface area contributed by atoms with E-state index in [4.69, 9.17) is 9.47 Å². The van der Waals surface area contributed by atoms with E-state index < -0.39 is 0 Å². The summed E-state index contributed by atoms with van der Waals surface area (Å²) in [6.45, 7) is 4.14. The van der Waals surface area contributed by atoms with E-state index in [1.807, 2.05) is 25.1 Å². The molecule has 0 aliphatic heterocycles. The summed E-state index contributed by atoms with van der Waals surface area (Å²) in [5, 5.41) is 0. The Labute approximate surface area is 112 Å². The van der Waals surface area contributed by atoms with Gasteiger partial charge in [-0.1, -0.05) is 11.6 Å². The molecule has 0 saturated carbocycles. The Hall–Kier alpha value is -2.03. The molecule has 0 aliphatic carbocycles. The highest BCUT2D eigenvalue weighted by atomic mass is 19.1. The van der Waals surface area contributed by atoms with Crippen LogP contribution in [0.4, 0.5) is 4.39 Å². The third-order valence-corrected chi connectivity index (χ3v) is 2.96. The number of benzene rings is 2. The van der Waals surface area contributed by atoms with Crippen molar-refractivity contribution < 1.29 is 13.9 Å². The van der Waals surface area contributed by atoms with Gasteiger partial charge in [0.2, 0.25) is 0 Å². The highest BCUT2D eigenvalue weighted by Gasteiger charge is 2.05. The van der Waals surface area contributed by atoms with Crippen molar-refractivity contribution in [1.82, 2.24) is 0 Å². The monoisotopic (exact) mass is 260 g/mol. The SMILES string of the molecule is COc1ccc(C)cc1COc1ccc(F)c(C)c1. The Balaban J connectivity index is 2.13. The van der Waals surface area contributed by atoms with E-state index in [1.54, 1.807) is 26.2 Å². The normalized spacial score (nSPS) is 10.3. The maximum absolute atomic E-state index is 13.2. The summed E-state index contributed by atoms with van der Waals surface area (Å²) in [5.74, 6) is 1.23. The van der Waals surface area contributed by atoms with Gasteiger partial charge in [0.05, 0.1) is 7.11 Å². The first-order valence-electron chi connectivity index (χ1n) is 6.12. The first-order valence-corrected chi connectivity index (χ1v) is 6.12. The van der Waals surface area contributed by atoms with Crippen molar-refractivity contribution in [2.75, 3.05) is 7.11 Å². The third-order valence-electron chi connectivity index (χ3n) is 2.96. The lowest BCUT2D eigenvalue weighted by Gasteiger charge is -2.11. The van der Waals surface area contributed by atoms with Crippen LogP contribution >= 0.6 is 0 Å². The molecule has 3 heteroatoms. The molecule has 0 unspecified atom stereocenters. The predicted octanol–water partition coefficient (Wildman–Crippen LogP) is 4.03. The minimum Gasteiger partial charge on any atom is -0.496 e. The zero-order chi connectivity index (χ0) is 13.8. The number of hydrogen-bond donors (Lipinski definition) is 0. The summed E-state index contributed by atoms with van der Waals surface area (Å²) in [7, 11) is 1.64. The van der Waals surface area contributed by atoms with Gasteiger partial charge in [-0.25, -0.2) is 4.39 Å². The van der Waals surface area contributed by atoms with Crippen LogP contribution in [0.3, 0.4) is 0 Å². The molecule has 2 aromatic carbocycles. The average molecular weight is 260 g/mol. The van der Waals surface area contributed by atoms with E-state index in [2.05, 4.69) is 0 Å². The average Bonchev–Trinajstić information content (AvgIpc) is 2.40. The van der Waals surface area contributed by atoms with E-state index in [-0.39, 0.29) is 5.82 Å². The number of ether oxygens (including phenoxy) is 2. The smallest absolute Gasteiger partial charge is 0.126 e. The number of aryl methyl sites for hydroxylation is 2. The molecule has 0 saturated heterocycles. The van der Waals surface area contributed by atoms with Crippen LogP contribution in [0.25, 0.3) is 0 Å². The molecule has 0 fully saturated rings. The van der Waals surface area contributed by atoms with Gasteiger partial charge in [0.1, 0.15) is 23.9 Å². The van der Waals surface area contributed by atoms with Crippen LogP contribution in [0.15, 0.2) is 36.4 Å². The Kier molecular flexibility index (Phi) is 4.05. The number of halogens is 1. The summed E-state index contributed by atoms with van der Waals surface area (Å²) in [6.07, 6.45) is 0. The van der Waals surface area contributed by atoms with Gasteiger partial charge in [0.15, 0.2) is 0 Å². The molecule has 0 atom stereocenters. The Morgan fingerprint density at radius 2 is 1.84 bits per heavy atom. The van der Waals surface area contributed by atoms with Crippen LogP contribution in [0.1, 0.15) is 16.7 Å². The number of rotatable bonds is 4. The molecule has 100 valence electrons. The molecule has 0 heterocycles. The molecule has 2 aromatic rings. The van der Waals surface area contributed by atoms with E-state index in [1.165, 1.54) is 6.07 Å². The highest BCUT2D eigenvalue weighted by Crippen LogP contribution is 2.23. The van der Waals surface area contributed by atoms with Gasteiger partial charge in [-0.2, -0.15) is 0 Å². The van der Waals surface area contributed by atoms with Gasteiger partial charge in [-0.15, -0.1) is 0 Å². The lowest BCUT2D eigenvalue weighted by molar-refractivity contribution is 0.296. The first kappa shape index (κ1) is 13.4. The molecule has 0 N–H and O–H groups in total. The van der Waals surface area contributed by atoms with Gasteiger partial charge in [0.25, 0.3) is 0 Å². The van der Waals surface area contributed by atoms with Crippen LogP contribution in [0.5, 0.6) is 11.5 Å². The standard InChI is InChI=1S/C16H17FO2/c1-11-4-7-16(18-3)13(8-11)10-19-14-5-6-15(17)12(2)9-14/h4-9H,10H2,1-3H3. The summed E-state index contributed by atoms with van der Waals surface area (Å²) in [6, 6.07) is 10.7. The van der Waals surface area contributed by atoms with Gasteiger partial charge >= 0.3 is 0 Å². The van der Waals surface area contributed by atoms with E-state index in [9.17, 15) is 4.39 Å². The fourth-order valence-corrected chi connectivity index (χ4v) is 1.89. The number of hydrogen-bond acceptors (Lipinski definition) is 2. The molecular weight excluding hydrogens is 243 g/mol. The molecule has 0 radical (unpaired) electrons. The molecule has 2 nitrogen and oxygen atoms in total. The molecule has 19 heavy (non-hydrogen) atoms. The Morgan fingerprint density at radius 1 is 1.05 bits per heavy atom. The summed E-state index contributed by atoms with van der Waals surface area (Å²) >= 11 is 0. The second-order valence-electron chi connectivity index (χ2n) is 4.51. The van der Waals surface area contributed by atoms with Crippen LogP contribution in [-0.2, 0) is 6.61 Å². The molecule has 0 aliphatic rings. The van der Waals surface area contributed by atoms with Crippen molar-refractivity contribution in [2.24, 2.45) is 0 Å². The van der Waals surface area contributed by atoms with Crippen molar-refractivity contribution in [1.29, 1.82) is 0 Å². The van der Waals surface area contributed by atoms with Gasteiger partial charge in [0, 0.05) is 5.56 Å². The van der Waals surface area contributed by atoms with Gasteiger partial charge in [-0.3, -0.25) is 0 Å². The van der Waals surface area contributed by atoms with Crippen LogP contribution in [0, 0.1) is 19.7 Å². The lowest BCUT2D eigenvalue weighted by atomic mass is 10.1. The molecule has 0 spiro atoms. The quantitative estimate of drug-likeness (QED) is 0.826. The third kappa shape index (κ3) is 3.25. The first-order chi connectivity index (χ1) is 9.10. The van der Waals surface area contributed by atoms with Crippen molar-refractivity contribution >= 4 is 0 Å². The van der Waals surface area contributed by atoms with Crippen LogP contribution in [-0.4, -0.2) is 7.11 Å². The zero-order valence-electron chi connectivity index (χ0n) is 11.4. The van der Waals surface area contributed by atoms with Crippen molar-refractivity contribution in [2.45, 2.75) is 20.5 Å². The Bertz CT molecular complexity index is 579.